The summed E-state index contributed by atoms with van der Waals surface area (Å²) < 4.78 is 30.8. The van der Waals surface area contributed by atoms with E-state index in [9.17, 15) is 13.2 Å². The molecular weight excluding hydrogens is 613 g/mol. The molecule has 0 saturated heterocycles. The van der Waals surface area contributed by atoms with Crippen molar-refractivity contribution < 1.29 is 13.2 Å². The SMILES string of the molecule is Nn1c(SCC(=O)Nc2ccc(S(=O)(=O)Nc3ncccn3)cc2)nnc1-c1nn(-c2ccccc2)c2c1Cc1ccccc1-2. The Balaban J connectivity index is 1.05. The summed E-state index contributed by atoms with van der Waals surface area (Å²) in [5.74, 6) is 6.46. The van der Waals surface area contributed by atoms with E-state index in [4.69, 9.17) is 10.9 Å². The molecule has 4 N–H and O–H groups in total. The van der Waals surface area contributed by atoms with Crippen molar-refractivity contribution in [3.8, 4) is 28.5 Å². The Labute approximate surface area is 261 Å². The minimum Gasteiger partial charge on any atom is -0.335 e. The highest BCUT2D eigenvalue weighted by Crippen LogP contribution is 2.42. The maximum absolute atomic E-state index is 12.7. The number of anilines is 2. The molecule has 3 heterocycles. The number of carbonyl (C=O) groups excluding carboxylic acids is 1. The van der Waals surface area contributed by atoms with Gasteiger partial charge in [0.25, 0.3) is 10.0 Å². The van der Waals surface area contributed by atoms with Crippen LogP contribution in [-0.2, 0) is 21.2 Å². The van der Waals surface area contributed by atoms with Crippen LogP contribution in [0.5, 0.6) is 0 Å². The minimum absolute atomic E-state index is 0.00428. The van der Waals surface area contributed by atoms with Crippen molar-refractivity contribution in [3.05, 3.63) is 108 Å². The summed E-state index contributed by atoms with van der Waals surface area (Å²) in [4.78, 5) is 20.5. The highest BCUT2D eigenvalue weighted by Gasteiger charge is 2.31. The second-order valence-electron chi connectivity index (χ2n) is 9.97. The number of nitrogens with two attached hydrogens (primary N) is 1. The zero-order valence-electron chi connectivity index (χ0n) is 23.4. The summed E-state index contributed by atoms with van der Waals surface area (Å²) in [6.45, 7) is 0. The van der Waals surface area contributed by atoms with E-state index in [-0.39, 0.29) is 22.5 Å². The summed E-state index contributed by atoms with van der Waals surface area (Å²) in [5.41, 5.74) is 6.26. The van der Waals surface area contributed by atoms with Crippen LogP contribution in [0.3, 0.4) is 0 Å². The molecule has 1 amide bonds. The summed E-state index contributed by atoms with van der Waals surface area (Å²) in [5, 5.41) is 16.6. The first kappa shape index (κ1) is 28.2. The molecule has 6 aromatic rings. The number of para-hydroxylation sites is 1. The lowest BCUT2D eigenvalue weighted by molar-refractivity contribution is -0.113. The molecule has 1 aliphatic rings. The normalized spacial score (nSPS) is 12.0. The van der Waals surface area contributed by atoms with E-state index in [1.54, 1.807) is 6.07 Å². The second kappa shape index (κ2) is 11.5. The molecule has 0 saturated carbocycles. The number of nitrogen functional groups attached to an aromatic ring is 1. The zero-order valence-corrected chi connectivity index (χ0v) is 25.0. The van der Waals surface area contributed by atoms with Crippen molar-refractivity contribution in [2.45, 2.75) is 16.5 Å². The van der Waals surface area contributed by atoms with Crippen LogP contribution in [-0.4, -0.2) is 54.7 Å². The van der Waals surface area contributed by atoms with Crippen LogP contribution in [0.15, 0.2) is 107 Å². The Kier molecular flexibility index (Phi) is 7.23. The number of hydrogen-bond donors (Lipinski definition) is 3. The molecular formula is C30H24N10O3S2. The van der Waals surface area contributed by atoms with Gasteiger partial charge in [0.1, 0.15) is 5.69 Å². The fourth-order valence-corrected chi connectivity index (χ4v) is 6.65. The Morgan fingerprint density at radius 2 is 1.64 bits per heavy atom. The number of sulfonamides is 1. The van der Waals surface area contributed by atoms with Crippen LogP contribution in [0.2, 0.25) is 0 Å². The average molecular weight is 637 g/mol. The van der Waals surface area contributed by atoms with Gasteiger partial charge in [0.05, 0.1) is 22.0 Å². The quantitative estimate of drug-likeness (QED) is 0.156. The third-order valence-electron chi connectivity index (χ3n) is 7.07. The third kappa shape index (κ3) is 5.49. The van der Waals surface area contributed by atoms with Gasteiger partial charge in [0.15, 0.2) is 0 Å². The van der Waals surface area contributed by atoms with Crippen molar-refractivity contribution >= 4 is 39.3 Å². The van der Waals surface area contributed by atoms with Gasteiger partial charge in [0, 0.05) is 35.6 Å². The summed E-state index contributed by atoms with van der Waals surface area (Å²) >= 11 is 1.12. The van der Waals surface area contributed by atoms with Crippen LogP contribution < -0.4 is 15.9 Å². The van der Waals surface area contributed by atoms with E-state index in [1.165, 1.54) is 46.9 Å². The first-order valence-corrected chi connectivity index (χ1v) is 16.1. The molecule has 0 bridgehead atoms. The largest absolute Gasteiger partial charge is 0.335 e. The number of thioether (sulfide) groups is 1. The monoisotopic (exact) mass is 636 g/mol. The van der Waals surface area contributed by atoms with Gasteiger partial charge in [0.2, 0.25) is 22.8 Å². The average Bonchev–Trinajstić information content (AvgIpc) is 3.73. The fraction of sp³-hybridized carbons (Fsp3) is 0.0667. The molecule has 0 unspecified atom stereocenters. The third-order valence-corrected chi connectivity index (χ3v) is 9.36. The van der Waals surface area contributed by atoms with Gasteiger partial charge in [-0.3, -0.25) is 4.79 Å². The molecule has 3 aromatic heterocycles. The number of nitrogens with zero attached hydrogens (tertiary/aromatic N) is 7. The lowest BCUT2D eigenvalue weighted by Gasteiger charge is -2.08. The molecule has 0 aliphatic heterocycles. The second-order valence-corrected chi connectivity index (χ2v) is 12.6. The van der Waals surface area contributed by atoms with Crippen molar-refractivity contribution in [2.75, 3.05) is 21.6 Å². The number of hydrogen-bond acceptors (Lipinski definition) is 10. The van der Waals surface area contributed by atoms with E-state index in [2.05, 4.69) is 42.3 Å². The lowest BCUT2D eigenvalue weighted by Crippen LogP contribution is -2.17. The number of nitrogens with one attached hydrogen (secondary N) is 2. The van der Waals surface area contributed by atoms with Crippen LogP contribution in [0.1, 0.15) is 11.1 Å². The number of fused-ring (bicyclic) bond motifs is 3. The Bertz CT molecular complexity index is 2130. The van der Waals surface area contributed by atoms with Gasteiger partial charge in [-0.1, -0.05) is 54.2 Å². The Hall–Kier alpha value is -5.54. The van der Waals surface area contributed by atoms with Crippen LogP contribution in [0, 0.1) is 0 Å². The van der Waals surface area contributed by atoms with Crippen LogP contribution >= 0.6 is 11.8 Å². The molecule has 0 spiro atoms. The topological polar surface area (TPSA) is 176 Å². The predicted octanol–water partition coefficient (Wildman–Crippen LogP) is 3.74. The van der Waals surface area contributed by atoms with E-state index < -0.39 is 10.0 Å². The van der Waals surface area contributed by atoms with E-state index >= 15 is 0 Å². The van der Waals surface area contributed by atoms with Crippen molar-refractivity contribution in [1.82, 2.24) is 34.6 Å². The molecule has 0 radical (unpaired) electrons. The van der Waals surface area contributed by atoms with Crippen molar-refractivity contribution in [1.29, 1.82) is 0 Å². The van der Waals surface area contributed by atoms with E-state index in [0.717, 1.165) is 34.3 Å². The zero-order chi connectivity index (χ0) is 31.0. The Morgan fingerprint density at radius 1 is 0.911 bits per heavy atom. The summed E-state index contributed by atoms with van der Waals surface area (Å²) in [6, 6.07) is 25.4. The maximum atomic E-state index is 12.7. The minimum atomic E-state index is -3.89. The first-order chi connectivity index (χ1) is 21.9. The standard InChI is InChI=1S/C30H24N10O3S2/c31-39-28(26-24-17-19-7-4-5-10-23(19)27(24)40(37-26)21-8-2-1-3-9-21)35-36-30(39)44-18-25(41)34-20-11-13-22(14-12-20)45(42,43)38-29-32-15-6-16-33-29/h1-16H,17-18,31H2,(H,34,41)(H,32,33,38). The predicted molar refractivity (Wildman–Crippen MR) is 170 cm³/mol. The molecule has 0 fully saturated rings. The van der Waals surface area contributed by atoms with Gasteiger partial charge in [-0.2, -0.15) is 5.10 Å². The molecule has 3 aromatic carbocycles. The van der Waals surface area contributed by atoms with Gasteiger partial charge in [-0.05, 0) is 48.0 Å². The van der Waals surface area contributed by atoms with Gasteiger partial charge < -0.3 is 11.2 Å². The fourth-order valence-electron chi connectivity index (χ4n) is 5.04. The molecule has 13 nitrogen and oxygen atoms in total. The van der Waals surface area contributed by atoms with E-state index in [1.807, 2.05) is 47.1 Å². The molecule has 224 valence electrons. The highest BCUT2D eigenvalue weighted by molar-refractivity contribution is 7.99. The molecule has 7 rings (SSSR count). The maximum Gasteiger partial charge on any atom is 0.264 e. The van der Waals surface area contributed by atoms with E-state index in [0.29, 0.717) is 28.8 Å². The smallest absolute Gasteiger partial charge is 0.264 e. The molecule has 15 heteroatoms. The Morgan fingerprint density at radius 3 is 2.42 bits per heavy atom. The summed E-state index contributed by atoms with van der Waals surface area (Å²) in [6.07, 6.45) is 3.54. The molecule has 45 heavy (non-hydrogen) atoms. The van der Waals surface area contributed by atoms with Crippen LogP contribution in [0.4, 0.5) is 11.6 Å². The van der Waals surface area contributed by atoms with Crippen LogP contribution in [0.25, 0.3) is 28.5 Å². The number of rotatable bonds is 9. The summed E-state index contributed by atoms with van der Waals surface area (Å²) in [7, 11) is -3.89. The lowest BCUT2D eigenvalue weighted by atomic mass is 10.1. The highest BCUT2D eigenvalue weighted by atomic mass is 32.2. The number of amides is 1. The number of benzene rings is 3. The van der Waals surface area contributed by atoms with Crippen molar-refractivity contribution in [2.24, 2.45) is 0 Å². The number of carbonyl (C=O) groups is 1. The van der Waals surface area contributed by atoms with Gasteiger partial charge in [-0.25, -0.2) is 32.5 Å². The van der Waals surface area contributed by atoms with Gasteiger partial charge in [-0.15, -0.1) is 10.2 Å². The van der Waals surface area contributed by atoms with Gasteiger partial charge >= 0.3 is 0 Å². The van der Waals surface area contributed by atoms with Crippen molar-refractivity contribution in [3.63, 3.8) is 0 Å². The molecule has 0 atom stereocenters. The first-order valence-electron chi connectivity index (χ1n) is 13.7. The molecule has 1 aliphatic carbocycles. The number of aromatic nitrogens is 7.